The van der Waals surface area contributed by atoms with Crippen molar-refractivity contribution >= 4 is 17.7 Å². The SMILES string of the molecule is COC(=O)CCc1cc(C(=O)c2ccc(OC3CCCC3)cc2OC)ccc1OCc1ccc(C(=O)O)cc1. The van der Waals surface area contributed by atoms with Crippen LogP contribution in [0.4, 0.5) is 0 Å². The number of carboxylic acids is 1. The van der Waals surface area contributed by atoms with E-state index in [9.17, 15) is 14.4 Å². The third-order valence-electron chi connectivity index (χ3n) is 6.77. The molecule has 3 aromatic rings. The highest BCUT2D eigenvalue weighted by atomic mass is 16.5. The molecule has 0 aliphatic heterocycles. The van der Waals surface area contributed by atoms with E-state index >= 15 is 0 Å². The summed E-state index contributed by atoms with van der Waals surface area (Å²) < 4.78 is 22.4. The highest BCUT2D eigenvalue weighted by Crippen LogP contribution is 2.31. The van der Waals surface area contributed by atoms with Gasteiger partial charge in [-0.05, 0) is 85.7 Å². The normalized spacial score (nSPS) is 13.1. The Bertz CT molecular complexity index is 1320. The summed E-state index contributed by atoms with van der Waals surface area (Å²) in [5.74, 6) is 0.0206. The number of esters is 1. The lowest BCUT2D eigenvalue weighted by Crippen LogP contribution is -2.11. The first-order valence-corrected chi connectivity index (χ1v) is 12.9. The maximum Gasteiger partial charge on any atom is 0.335 e. The molecule has 0 amide bonds. The van der Waals surface area contributed by atoms with Gasteiger partial charge in [0.15, 0.2) is 5.78 Å². The number of rotatable bonds is 12. The first kappa shape index (κ1) is 27.7. The van der Waals surface area contributed by atoms with Crippen LogP contribution in [0.1, 0.15) is 69.5 Å². The Morgan fingerprint density at radius 2 is 1.59 bits per heavy atom. The second-order valence-corrected chi connectivity index (χ2v) is 9.40. The van der Waals surface area contributed by atoms with Crippen LogP contribution in [0.2, 0.25) is 0 Å². The molecule has 204 valence electrons. The minimum atomic E-state index is -1.000. The van der Waals surface area contributed by atoms with Crippen molar-refractivity contribution < 1.29 is 38.4 Å². The molecule has 0 unspecified atom stereocenters. The molecule has 0 bridgehead atoms. The highest BCUT2D eigenvalue weighted by molar-refractivity contribution is 6.11. The van der Waals surface area contributed by atoms with E-state index < -0.39 is 5.97 Å². The van der Waals surface area contributed by atoms with Crippen LogP contribution in [0.15, 0.2) is 60.7 Å². The van der Waals surface area contributed by atoms with Crippen LogP contribution < -0.4 is 14.2 Å². The molecule has 1 saturated carbocycles. The molecule has 39 heavy (non-hydrogen) atoms. The molecule has 0 spiro atoms. The Morgan fingerprint density at radius 1 is 0.872 bits per heavy atom. The standard InChI is InChI=1S/C31H32O8/c1-36-28-18-25(39-24-5-3-4-6-24)13-14-26(28)30(33)23-11-15-27(22(17-23)12-16-29(32)37-2)38-19-20-7-9-21(10-8-20)31(34)35/h7-11,13-15,17-18,24H,3-6,12,16,19H2,1-2H3,(H,34,35). The number of methoxy groups -OCH3 is 2. The van der Waals surface area contributed by atoms with Crippen molar-refractivity contribution in [3.05, 3.63) is 88.5 Å². The predicted octanol–water partition coefficient (Wildman–Crippen LogP) is 5.63. The average Bonchev–Trinajstić information content (AvgIpc) is 3.47. The van der Waals surface area contributed by atoms with Crippen molar-refractivity contribution in [2.24, 2.45) is 0 Å². The van der Waals surface area contributed by atoms with Crippen molar-refractivity contribution in [3.63, 3.8) is 0 Å². The Hall–Kier alpha value is -4.33. The summed E-state index contributed by atoms with van der Waals surface area (Å²) in [6.07, 6.45) is 5.00. The molecule has 1 aliphatic rings. The number of aromatic carboxylic acids is 1. The molecule has 1 aliphatic carbocycles. The third-order valence-corrected chi connectivity index (χ3v) is 6.77. The van der Waals surface area contributed by atoms with Crippen molar-refractivity contribution in [3.8, 4) is 17.2 Å². The summed E-state index contributed by atoms with van der Waals surface area (Å²) in [5, 5.41) is 9.09. The summed E-state index contributed by atoms with van der Waals surface area (Å²) in [6.45, 7) is 0.189. The van der Waals surface area contributed by atoms with Gasteiger partial charge in [-0.1, -0.05) is 12.1 Å². The van der Waals surface area contributed by atoms with E-state index in [4.69, 9.17) is 24.1 Å². The molecular formula is C31H32O8. The van der Waals surface area contributed by atoms with Gasteiger partial charge in [0.2, 0.25) is 0 Å². The molecule has 8 nitrogen and oxygen atoms in total. The molecule has 0 aromatic heterocycles. The molecule has 8 heteroatoms. The number of hydrogen-bond donors (Lipinski definition) is 1. The summed E-state index contributed by atoms with van der Waals surface area (Å²) >= 11 is 0. The van der Waals surface area contributed by atoms with Crippen LogP contribution in [-0.4, -0.2) is 43.2 Å². The van der Waals surface area contributed by atoms with Gasteiger partial charge < -0.3 is 24.1 Å². The van der Waals surface area contributed by atoms with Gasteiger partial charge in [-0.15, -0.1) is 0 Å². The maximum absolute atomic E-state index is 13.5. The fourth-order valence-electron chi connectivity index (χ4n) is 4.59. The number of aryl methyl sites for hydroxylation is 1. The molecule has 1 fully saturated rings. The summed E-state index contributed by atoms with van der Waals surface area (Å²) in [6, 6.07) is 16.7. The van der Waals surface area contributed by atoms with E-state index in [1.54, 1.807) is 48.5 Å². The number of carbonyl (C=O) groups is 3. The lowest BCUT2D eigenvalue weighted by atomic mass is 9.98. The average molecular weight is 533 g/mol. The fraction of sp³-hybridized carbons (Fsp3) is 0.323. The number of ketones is 1. The third kappa shape index (κ3) is 7.16. The van der Waals surface area contributed by atoms with E-state index in [1.807, 2.05) is 0 Å². The van der Waals surface area contributed by atoms with Gasteiger partial charge in [-0.25, -0.2) is 4.79 Å². The number of carbonyl (C=O) groups excluding carboxylic acids is 2. The first-order valence-electron chi connectivity index (χ1n) is 12.9. The van der Waals surface area contributed by atoms with E-state index in [-0.39, 0.29) is 36.4 Å². The van der Waals surface area contributed by atoms with Gasteiger partial charge in [-0.2, -0.15) is 0 Å². The molecule has 0 radical (unpaired) electrons. The van der Waals surface area contributed by atoms with Crippen LogP contribution in [-0.2, 0) is 22.6 Å². The van der Waals surface area contributed by atoms with Crippen molar-refractivity contribution in [1.29, 1.82) is 0 Å². The highest BCUT2D eigenvalue weighted by Gasteiger charge is 2.20. The Kier molecular flexibility index (Phi) is 9.20. The van der Waals surface area contributed by atoms with Gasteiger partial charge in [0.25, 0.3) is 0 Å². The molecule has 4 rings (SSSR count). The largest absolute Gasteiger partial charge is 0.496 e. The van der Waals surface area contributed by atoms with Crippen LogP contribution in [0.25, 0.3) is 0 Å². The Balaban J connectivity index is 1.55. The van der Waals surface area contributed by atoms with Crippen molar-refractivity contribution in [2.45, 2.75) is 51.2 Å². The zero-order chi connectivity index (χ0) is 27.8. The number of ether oxygens (including phenoxy) is 4. The molecule has 3 aromatic carbocycles. The van der Waals surface area contributed by atoms with Crippen molar-refractivity contribution in [1.82, 2.24) is 0 Å². The second-order valence-electron chi connectivity index (χ2n) is 9.40. The smallest absolute Gasteiger partial charge is 0.335 e. The fourth-order valence-corrected chi connectivity index (χ4v) is 4.59. The van der Waals surface area contributed by atoms with E-state index in [0.717, 1.165) is 31.2 Å². The molecular weight excluding hydrogens is 500 g/mol. The van der Waals surface area contributed by atoms with Gasteiger partial charge in [0, 0.05) is 18.1 Å². The van der Waals surface area contributed by atoms with Gasteiger partial charge in [0.1, 0.15) is 23.9 Å². The Labute approximate surface area is 227 Å². The zero-order valence-corrected chi connectivity index (χ0v) is 22.1. The Morgan fingerprint density at radius 3 is 2.26 bits per heavy atom. The summed E-state index contributed by atoms with van der Waals surface area (Å²) in [4.78, 5) is 36.4. The van der Waals surface area contributed by atoms with Crippen LogP contribution in [0.5, 0.6) is 17.2 Å². The molecule has 0 atom stereocenters. The minimum Gasteiger partial charge on any atom is -0.496 e. The van der Waals surface area contributed by atoms with E-state index in [1.165, 1.54) is 26.4 Å². The lowest BCUT2D eigenvalue weighted by molar-refractivity contribution is -0.140. The number of carboxylic acid groups (broad SMARTS) is 1. The predicted molar refractivity (Wildman–Crippen MR) is 144 cm³/mol. The topological polar surface area (TPSA) is 108 Å². The zero-order valence-electron chi connectivity index (χ0n) is 22.1. The first-order chi connectivity index (χ1) is 18.9. The summed E-state index contributed by atoms with van der Waals surface area (Å²) in [7, 11) is 2.85. The quantitative estimate of drug-likeness (QED) is 0.236. The van der Waals surface area contributed by atoms with Crippen molar-refractivity contribution in [2.75, 3.05) is 14.2 Å². The molecule has 0 heterocycles. The lowest BCUT2D eigenvalue weighted by Gasteiger charge is -2.16. The van der Waals surface area contributed by atoms with E-state index in [2.05, 4.69) is 0 Å². The monoisotopic (exact) mass is 532 g/mol. The maximum atomic E-state index is 13.5. The van der Waals surface area contributed by atoms with Gasteiger partial charge in [-0.3, -0.25) is 9.59 Å². The second kappa shape index (κ2) is 13.0. The van der Waals surface area contributed by atoms with Crippen LogP contribution in [0.3, 0.4) is 0 Å². The summed E-state index contributed by atoms with van der Waals surface area (Å²) in [5.41, 5.74) is 2.48. The number of hydrogen-bond acceptors (Lipinski definition) is 7. The minimum absolute atomic E-state index is 0.119. The molecule has 0 saturated heterocycles. The molecule has 1 N–H and O–H groups in total. The van der Waals surface area contributed by atoms with Gasteiger partial charge >= 0.3 is 11.9 Å². The van der Waals surface area contributed by atoms with Crippen LogP contribution in [0, 0.1) is 0 Å². The number of benzene rings is 3. The van der Waals surface area contributed by atoms with Crippen LogP contribution >= 0.6 is 0 Å². The van der Waals surface area contributed by atoms with E-state index in [0.29, 0.717) is 40.4 Å². The van der Waals surface area contributed by atoms with Gasteiger partial charge in [0.05, 0.1) is 31.5 Å².